The van der Waals surface area contributed by atoms with Crippen molar-refractivity contribution >= 4 is 0 Å². The second-order valence-electron chi connectivity index (χ2n) is 2.70. The molecule has 0 amide bonds. The van der Waals surface area contributed by atoms with Crippen molar-refractivity contribution in [2.24, 2.45) is 0 Å². The molecule has 0 saturated heterocycles. The van der Waals surface area contributed by atoms with Gasteiger partial charge in [-0.3, -0.25) is 0 Å². The van der Waals surface area contributed by atoms with Gasteiger partial charge in [-0.1, -0.05) is 0 Å². The maximum absolute atomic E-state index is 9.10. The van der Waals surface area contributed by atoms with E-state index in [2.05, 4.69) is 0 Å². The summed E-state index contributed by atoms with van der Waals surface area (Å²) in [5.41, 5.74) is -1.62. The molecule has 4 nitrogen and oxygen atoms in total. The van der Waals surface area contributed by atoms with Crippen LogP contribution in [0.1, 0.15) is 13.8 Å². The molecule has 0 heterocycles. The molecule has 3 unspecified atom stereocenters. The van der Waals surface area contributed by atoms with Crippen molar-refractivity contribution < 1.29 is 20.4 Å². The summed E-state index contributed by atoms with van der Waals surface area (Å²) in [4.78, 5) is 0. The van der Waals surface area contributed by atoms with Crippen molar-refractivity contribution in [1.29, 1.82) is 0 Å². The maximum atomic E-state index is 9.10. The van der Waals surface area contributed by atoms with Crippen molar-refractivity contribution in [2.45, 2.75) is 31.7 Å². The topological polar surface area (TPSA) is 80.9 Å². The van der Waals surface area contributed by atoms with Gasteiger partial charge in [-0.25, -0.2) is 0 Å². The maximum Gasteiger partial charge on any atom is 0.113 e. The summed E-state index contributed by atoms with van der Waals surface area (Å²) < 4.78 is 0. The third-order valence-electron chi connectivity index (χ3n) is 1.41. The lowest BCUT2D eigenvalue weighted by Gasteiger charge is -2.28. The Morgan fingerprint density at radius 3 is 1.90 bits per heavy atom. The van der Waals surface area contributed by atoms with Crippen LogP contribution in [0.5, 0.6) is 0 Å². The third-order valence-corrected chi connectivity index (χ3v) is 1.41. The molecule has 0 spiro atoms. The molecule has 0 radical (unpaired) electrons. The van der Waals surface area contributed by atoms with Gasteiger partial charge < -0.3 is 20.4 Å². The highest BCUT2D eigenvalue weighted by atomic mass is 16.4. The van der Waals surface area contributed by atoms with Crippen molar-refractivity contribution in [3.8, 4) is 0 Å². The van der Waals surface area contributed by atoms with Gasteiger partial charge in [0.25, 0.3) is 0 Å². The fraction of sp³-hybridized carbons (Fsp3) is 1.00. The molecule has 0 fully saturated rings. The van der Waals surface area contributed by atoms with Gasteiger partial charge in [-0.2, -0.15) is 0 Å². The van der Waals surface area contributed by atoms with E-state index in [9.17, 15) is 0 Å². The van der Waals surface area contributed by atoms with E-state index in [1.165, 1.54) is 13.8 Å². The largest absolute Gasteiger partial charge is 0.393 e. The van der Waals surface area contributed by atoms with Gasteiger partial charge in [0, 0.05) is 0 Å². The summed E-state index contributed by atoms with van der Waals surface area (Å²) in [6, 6.07) is 0. The molecule has 3 atom stereocenters. The highest BCUT2D eigenvalue weighted by Gasteiger charge is 2.32. The van der Waals surface area contributed by atoms with Gasteiger partial charge in [-0.15, -0.1) is 0 Å². The first-order valence-electron chi connectivity index (χ1n) is 3.11. The van der Waals surface area contributed by atoms with E-state index < -0.39 is 24.4 Å². The number of hydrogen-bond acceptors (Lipinski definition) is 4. The van der Waals surface area contributed by atoms with E-state index in [0.29, 0.717) is 0 Å². The number of rotatable bonds is 3. The van der Waals surface area contributed by atoms with Crippen molar-refractivity contribution in [2.75, 3.05) is 6.61 Å². The molecule has 0 bridgehead atoms. The fourth-order valence-electron chi connectivity index (χ4n) is 0.613. The molecule has 4 heteroatoms. The average molecular weight is 150 g/mol. The molecule has 0 aliphatic carbocycles. The molecule has 62 valence electrons. The smallest absolute Gasteiger partial charge is 0.113 e. The SMILES string of the molecule is CC(O)C(O)C(C)(O)CO. The Labute approximate surface area is 59.7 Å². The van der Waals surface area contributed by atoms with E-state index in [-0.39, 0.29) is 0 Å². The molecular formula is C6H14O4. The fourth-order valence-corrected chi connectivity index (χ4v) is 0.613. The van der Waals surface area contributed by atoms with Crippen LogP contribution >= 0.6 is 0 Å². The lowest BCUT2D eigenvalue weighted by Crippen LogP contribution is -2.48. The van der Waals surface area contributed by atoms with E-state index in [1.54, 1.807) is 0 Å². The van der Waals surface area contributed by atoms with Gasteiger partial charge >= 0.3 is 0 Å². The van der Waals surface area contributed by atoms with Crippen LogP contribution in [0.4, 0.5) is 0 Å². The van der Waals surface area contributed by atoms with Gasteiger partial charge in [0.2, 0.25) is 0 Å². The number of aliphatic hydroxyl groups excluding tert-OH is 3. The summed E-state index contributed by atoms with van der Waals surface area (Å²) in [7, 11) is 0. The van der Waals surface area contributed by atoms with Crippen molar-refractivity contribution in [3.05, 3.63) is 0 Å². The van der Waals surface area contributed by atoms with Crippen LogP contribution in [0.25, 0.3) is 0 Å². The Kier molecular flexibility index (Phi) is 3.24. The summed E-state index contributed by atoms with van der Waals surface area (Å²) in [5.74, 6) is 0. The standard InChI is InChI=1S/C6H14O4/c1-4(8)5(9)6(2,10)3-7/h4-5,7-10H,3H2,1-2H3. The lowest BCUT2D eigenvalue weighted by atomic mass is 9.97. The van der Waals surface area contributed by atoms with E-state index in [4.69, 9.17) is 20.4 Å². The van der Waals surface area contributed by atoms with Crippen LogP contribution in [0.2, 0.25) is 0 Å². The highest BCUT2D eigenvalue weighted by molar-refractivity contribution is 4.83. The second-order valence-corrected chi connectivity index (χ2v) is 2.70. The van der Waals surface area contributed by atoms with E-state index in [1.807, 2.05) is 0 Å². The van der Waals surface area contributed by atoms with Gasteiger partial charge in [0.15, 0.2) is 0 Å². The molecular weight excluding hydrogens is 136 g/mol. The Balaban J connectivity index is 4.03. The molecule has 0 aromatic carbocycles. The summed E-state index contributed by atoms with van der Waals surface area (Å²) in [5, 5.41) is 35.4. The molecule has 4 N–H and O–H groups in total. The van der Waals surface area contributed by atoms with Crippen molar-refractivity contribution in [3.63, 3.8) is 0 Å². The first-order chi connectivity index (χ1) is 4.41. The summed E-state index contributed by atoms with van der Waals surface area (Å²) in [6.07, 6.45) is -2.35. The lowest BCUT2D eigenvalue weighted by molar-refractivity contribution is -0.131. The van der Waals surface area contributed by atoms with Gasteiger partial charge in [0.1, 0.15) is 11.7 Å². The third kappa shape index (κ3) is 2.22. The molecule has 0 aliphatic rings. The Morgan fingerprint density at radius 2 is 1.80 bits per heavy atom. The molecule has 0 aromatic heterocycles. The highest BCUT2D eigenvalue weighted by Crippen LogP contribution is 2.11. The van der Waals surface area contributed by atoms with Gasteiger partial charge in [-0.05, 0) is 13.8 Å². The zero-order chi connectivity index (χ0) is 8.36. The van der Waals surface area contributed by atoms with Crippen LogP contribution in [0, 0.1) is 0 Å². The van der Waals surface area contributed by atoms with Crippen LogP contribution in [0.15, 0.2) is 0 Å². The molecule has 0 saturated carbocycles. The average Bonchev–Trinajstić information content (AvgIpc) is 1.86. The van der Waals surface area contributed by atoms with Crippen LogP contribution in [-0.2, 0) is 0 Å². The molecule has 10 heavy (non-hydrogen) atoms. The quantitative estimate of drug-likeness (QED) is 0.393. The number of hydrogen-bond donors (Lipinski definition) is 4. The first kappa shape index (κ1) is 9.84. The monoisotopic (exact) mass is 150 g/mol. The van der Waals surface area contributed by atoms with Crippen molar-refractivity contribution in [1.82, 2.24) is 0 Å². The van der Waals surface area contributed by atoms with E-state index in [0.717, 1.165) is 0 Å². The minimum Gasteiger partial charge on any atom is -0.393 e. The van der Waals surface area contributed by atoms with Crippen LogP contribution in [-0.4, -0.2) is 44.8 Å². The normalized spacial score (nSPS) is 23.4. The summed E-state index contributed by atoms with van der Waals surface area (Å²) >= 11 is 0. The first-order valence-corrected chi connectivity index (χ1v) is 3.11. The Morgan fingerprint density at radius 1 is 1.40 bits per heavy atom. The van der Waals surface area contributed by atoms with E-state index >= 15 is 0 Å². The predicted molar refractivity (Wildman–Crippen MR) is 35.4 cm³/mol. The zero-order valence-corrected chi connectivity index (χ0v) is 6.15. The molecule has 0 aromatic rings. The van der Waals surface area contributed by atoms with Crippen LogP contribution < -0.4 is 0 Å². The Hall–Kier alpha value is -0.160. The zero-order valence-electron chi connectivity index (χ0n) is 6.15. The summed E-state index contributed by atoms with van der Waals surface area (Å²) in [6.45, 7) is 2.03. The molecule has 0 rings (SSSR count). The second kappa shape index (κ2) is 3.30. The Bertz CT molecular complexity index is 99.9. The minimum atomic E-state index is -1.62. The molecule has 0 aliphatic heterocycles. The van der Waals surface area contributed by atoms with Gasteiger partial charge in [0.05, 0.1) is 12.7 Å². The predicted octanol–water partition coefficient (Wildman–Crippen LogP) is -1.53. The minimum absolute atomic E-state index is 0.570. The van der Waals surface area contributed by atoms with Crippen LogP contribution in [0.3, 0.4) is 0 Å². The number of aliphatic hydroxyl groups is 4.